The van der Waals surface area contributed by atoms with Gasteiger partial charge in [-0.2, -0.15) is 0 Å². The van der Waals surface area contributed by atoms with Crippen molar-refractivity contribution >= 4 is 33.6 Å². The summed E-state index contributed by atoms with van der Waals surface area (Å²) in [7, 11) is 0. The maximum Gasteiger partial charge on any atom is 0.333 e. The number of hydrogen-bond donors (Lipinski definition) is 1. The number of carbonyl (C=O) groups is 2. The van der Waals surface area contributed by atoms with Gasteiger partial charge in [-0.1, -0.05) is 22.5 Å². The molecule has 0 unspecified atom stereocenters. The Morgan fingerprint density at radius 1 is 1.20 bits per heavy atom. The molecule has 0 atom stereocenters. The van der Waals surface area contributed by atoms with Gasteiger partial charge < -0.3 is 0 Å². The molecule has 1 aliphatic rings. The molecule has 5 heteroatoms. The highest BCUT2D eigenvalue weighted by Gasteiger charge is 2.32. The van der Waals surface area contributed by atoms with Gasteiger partial charge in [0.05, 0.1) is 5.69 Å². The van der Waals surface area contributed by atoms with Crippen LogP contribution in [0.1, 0.15) is 0 Å². The largest absolute Gasteiger partial charge is 0.333 e. The van der Waals surface area contributed by atoms with Gasteiger partial charge >= 0.3 is 6.03 Å². The van der Waals surface area contributed by atoms with E-state index in [1.165, 1.54) is 4.90 Å². The minimum atomic E-state index is -0.465. The Hall–Kier alpha value is -1.62. The number of anilines is 1. The van der Waals surface area contributed by atoms with Crippen molar-refractivity contribution in [3.05, 3.63) is 41.0 Å². The van der Waals surface area contributed by atoms with E-state index in [9.17, 15) is 9.59 Å². The molecule has 1 fully saturated rings. The van der Waals surface area contributed by atoms with Crippen molar-refractivity contribution in [1.29, 1.82) is 0 Å². The molecule has 1 heterocycles. The van der Waals surface area contributed by atoms with Crippen LogP contribution in [0.5, 0.6) is 0 Å². The Morgan fingerprint density at radius 2 is 1.80 bits per heavy atom. The van der Waals surface area contributed by atoms with Gasteiger partial charge in [-0.25, -0.2) is 4.79 Å². The molecule has 2 rings (SSSR count). The number of rotatable bonds is 1. The lowest BCUT2D eigenvalue weighted by molar-refractivity contribution is -0.115. The summed E-state index contributed by atoms with van der Waals surface area (Å²) in [5, 5.41) is 2.17. The number of hydrogen-bond acceptors (Lipinski definition) is 2. The van der Waals surface area contributed by atoms with E-state index in [0.29, 0.717) is 5.69 Å². The number of amides is 3. The number of imide groups is 1. The minimum Gasteiger partial charge on any atom is -0.272 e. The van der Waals surface area contributed by atoms with Crippen LogP contribution in [0.15, 0.2) is 41.0 Å². The second kappa shape index (κ2) is 3.51. The smallest absolute Gasteiger partial charge is 0.272 e. The molecule has 4 nitrogen and oxygen atoms in total. The summed E-state index contributed by atoms with van der Waals surface area (Å²) in [6.07, 6.45) is 0. The topological polar surface area (TPSA) is 49.4 Å². The molecule has 1 aromatic rings. The van der Waals surface area contributed by atoms with Gasteiger partial charge in [0.25, 0.3) is 5.91 Å². The van der Waals surface area contributed by atoms with Crippen molar-refractivity contribution in [2.75, 3.05) is 4.90 Å². The summed E-state index contributed by atoms with van der Waals surface area (Å²) in [6, 6.07) is 6.57. The van der Waals surface area contributed by atoms with Gasteiger partial charge in [-0.05, 0) is 24.3 Å². The van der Waals surface area contributed by atoms with Crippen LogP contribution in [0.2, 0.25) is 0 Å². The second-order valence-corrected chi connectivity index (χ2v) is 3.93. The summed E-state index contributed by atoms with van der Waals surface area (Å²) in [6.45, 7) is 3.55. The normalized spacial score (nSPS) is 15.8. The Morgan fingerprint density at radius 3 is 2.27 bits per heavy atom. The molecule has 0 bridgehead atoms. The lowest BCUT2D eigenvalue weighted by atomic mass is 10.3. The van der Waals surface area contributed by atoms with Gasteiger partial charge in [-0.3, -0.25) is 15.0 Å². The third-order valence-electron chi connectivity index (χ3n) is 2.04. The fourth-order valence-corrected chi connectivity index (χ4v) is 1.58. The highest BCUT2D eigenvalue weighted by molar-refractivity contribution is 9.10. The predicted molar refractivity (Wildman–Crippen MR) is 59.3 cm³/mol. The van der Waals surface area contributed by atoms with E-state index in [0.717, 1.165) is 4.47 Å². The van der Waals surface area contributed by atoms with Crippen LogP contribution in [0.3, 0.4) is 0 Å². The minimum absolute atomic E-state index is 0.141. The van der Waals surface area contributed by atoms with Crippen LogP contribution < -0.4 is 10.2 Å². The Kier molecular flexibility index (Phi) is 2.32. The molecule has 76 valence electrons. The average Bonchev–Trinajstić information content (AvgIpc) is 2.44. The Labute approximate surface area is 94.7 Å². The molecule has 1 aliphatic heterocycles. The third-order valence-corrected chi connectivity index (χ3v) is 2.57. The summed E-state index contributed by atoms with van der Waals surface area (Å²) < 4.78 is 0.905. The Bertz CT molecular complexity index is 453. The maximum atomic E-state index is 11.4. The summed E-state index contributed by atoms with van der Waals surface area (Å²) >= 11 is 3.29. The van der Waals surface area contributed by atoms with Crippen molar-refractivity contribution in [3.8, 4) is 0 Å². The summed E-state index contributed by atoms with van der Waals surface area (Å²) in [5.41, 5.74) is 0.758. The molecule has 0 aliphatic carbocycles. The van der Waals surface area contributed by atoms with Gasteiger partial charge in [-0.15, -0.1) is 0 Å². The van der Waals surface area contributed by atoms with Gasteiger partial charge in [0.1, 0.15) is 5.70 Å². The first kappa shape index (κ1) is 9.92. The van der Waals surface area contributed by atoms with Crippen LogP contribution in [-0.4, -0.2) is 11.9 Å². The van der Waals surface area contributed by atoms with E-state index in [1.807, 2.05) is 0 Å². The molecular formula is C10H7BrN2O2. The molecule has 0 spiro atoms. The maximum absolute atomic E-state index is 11.4. The fourth-order valence-electron chi connectivity index (χ4n) is 1.31. The average molecular weight is 267 g/mol. The number of benzene rings is 1. The van der Waals surface area contributed by atoms with Crippen molar-refractivity contribution in [2.24, 2.45) is 0 Å². The number of nitrogens with zero attached hydrogens (tertiary/aromatic N) is 1. The molecule has 15 heavy (non-hydrogen) atoms. The SMILES string of the molecule is C=C1C(=O)NC(=O)N1c1ccc(Br)cc1. The third kappa shape index (κ3) is 1.66. The van der Waals surface area contributed by atoms with Gasteiger partial charge in [0, 0.05) is 4.47 Å². The second-order valence-electron chi connectivity index (χ2n) is 3.02. The molecule has 0 aromatic heterocycles. The van der Waals surface area contributed by atoms with E-state index < -0.39 is 11.9 Å². The summed E-state index contributed by atoms with van der Waals surface area (Å²) in [4.78, 5) is 23.8. The van der Waals surface area contributed by atoms with Crippen LogP contribution in [-0.2, 0) is 4.79 Å². The molecule has 3 amide bonds. The highest BCUT2D eigenvalue weighted by Crippen LogP contribution is 2.24. The van der Waals surface area contributed by atoms with Crippen molar-refractivity contribution < 1.29 is 9.59 Å². The fraction of sp³-hybridized carbons (Fsp3) is 0. The standard InChI is InChI=1S/C10H7BrN2O2/c1-6-9(14)12-10(15)13(6)8-4-2-7(11)3-5-8/h2-5H,1H2,(H,12,14,15). The molecular weight excluding hydrogens is 260 g/mol. The van der Waals surface area contributed by atoms with Gasteiger partial charge in [0.2, 0.25) is 0 Å². The zero-order valence-electron chi connectivity index (χ0n) is 7.66. The first-order chi connectivity index (χ1) is 7.09. The first-order valence-electron chi connectivity index (χ1n) is 4.19. The van der Waals surface area contributed by atoms with Crippen molar-refractivity contribution in [2.45, 2.75) is 0 Å². The van der Waals surface area contributed by atoms with Crippen molar-refractivity contribution in [1.82, 2.24) is 5.32 Å². The zero-order valence-corrected chi connectivity index (χ0v) is 9.24. The van der Waals surface area contributed by atoms with Gasteiger partial charge in [0.15, 0.2) is 0 Å². The highest BCUT2D eigenvalue weighted by atomic mass is 79.9. The van der Waals surface area contributed by atoms with Crippen LogP contribution in [0.25, 0.3) is 0 Å². The van der Waals surface area contributed by atoms with E-state index in [2.05, 4.69) is 27.8 Å². The first-order valence-corrected chi connectivity index (χ1v) is 4.99. The number of halogens is 1. The lowest BCUT2D eigenvalue weighted by Gasteiger charge is -2.13. The molecule has 1 N–H and O–H groups in total. The number of nitrogens with one attached hydrogen (secondary N) is 1. The summed E-state index contributed by atoms with van der Waals surface area (Å²) in [5.74, 6) is -0.456. The van der Waals surface area contributed by atoms with Crippen molar-refractivity contribution in [3.63, 3.8) is 0 Å². The zero-order chi connectivity index (χ0) is 11.0. The predicted octanol–water partition coefficient (Wildman–Crippen LogP) is 2.02. The molecule has 1 aromatic carbocycles. The quantitative estimate of drug-likeness (QED) is 0.625. The van der Waals surface area contributed by atoms with E-state index >= 15 is 0 Å². The van der Waals surface area contributed by atoms with Crippen LogP contribution in [0.4, 0.5) is 10.5 Å². The van der Waals surface area contributed by atoms with E-state index in [4.69, 9.17) is 0 Å². The van der Waals surface area contributed by atoms with E-state index in [1.54, 1.807) is 24.3 Å². The number of urea groups is 1. The lowest BCUT2D eigenvalue weighted by Crippen LogP contribution is -2.27. The number of carbonyl (C=O) groups excluding carboxylic acids is 2. The monoisotopic (exact) mass is 266 g/mol. The Balaban J connectivity index is 2.39. The van der Waals surface area contributed by atoms with E-state index in [-0.39, 0.29) is 5.70 Å². The molecule has 1 saturated heterocycles. The van der Waals surface area contributed by atoms with Crippen LogP contribution >= 0.6 is 15.9 Å². The molecule has 0 radical (unpaired) electrons. The van der Waals surface area contributed by atoms with Crippen LogP contribution in [0, 0.1) is 0 Å². The molecule has 0 saturated carbocycles.